The molecule has 0 radical (unpaired) electrons. The summed E-state index contributed by atoms with van der Waals surface area (Å²) in [6, 6.07) is 14.1. The monoisotopic (exact) mass is 454 g/mol. The fourth-order valence-electron chi connectivity index (χ4n) is 3.53. The van der Waals surface area contributed by atoms with E-state index in [2.05, 4.69) is 32.9 Å². The van der Waals surface area contributed by atoms with E-state index in [1.807, 2.05) is 12.1 Å². The lowest BCUT2D eigenvalue weighted by molar-refractivity contribution is -0.127. The fourth-order valence-corrected chi connectivity index (χ4v) is 4.95. The van der Waals surface area contributed by atoms with E-state index in [-0.39, 0.29) is 35.1 Å². The van der Waals surface area contributed by atoms with Crippen LogP contribution in [0.2, 0.25) is 0 Å². The van der Waals surface area contributed by atoms with E-state index >= 15 is 0 Å². The Hall–Kier alpha value is -2.77. The number of carbonyl (C=O) groups is 2. The Bertz CT molecular complexity index is 1100. The standard InChI is InChI=1S/C25H30N2O4S/c1-19(28)21-8-12-23(13-9-21)32(30,31)27-17-15-26(16-18-27)24(29)14-7-20-5-10-22(11-6-20)25(2,3)4/h5-14H,15-18H2,1-4H3/b14-7+. The van der Waals surface area contributed by atoms with Crippen LogP contribution in [0.25, 0.3) is 6.08 Å². The summed E-state index contributed by atoms with van der Waals surface area (Å²) >= 11 is 0. The summed E-state index contributed by atoms with van der Waals surface area (Å²) in [7, 11) is -3.66. The van der Waals surface area contributed by atoms with Crippen LogP contribution in [0.15, 0.2) is 59.5 Å². The van der Waals surface area contributed by atoms with Crippen molar-refractivity contribution in [3.05, 3.63) is 71.3 Å². The average Bonchev–Trinajstić information content (AvgIpc) is 2.77. The highest BCUT2D eigenvalue weighted by atomic mass is 32.2. The lowest BCUT2D eigenvalue weighted by atomic mass is 9.87. The Kier molecular flexibility index (Phi) is 7.00. The highest BCUT2D eigenvalue weighted by Gasteiger charge is 2.29. The Morgan fingerprint density at radius 1 is 0.875 bits per heavy atom. The van der Waals surface area contributed by atoms with Crippen molar-refractivity contribution in [1.82, 2.24) is 9.21 Å². The van der Waals surface area contributed by atoms with Crippen molar-refractivity contribution >= 4 is 27.8 Å². The topological polar surface area (TPSA) is 74.8 Å². The van der Waals surface area contributed by atoms with Gasteiger partial charge in [0.05, 0.1) is 4.90 Å². The molecule has 1 saturated heterocycles. The molecule has 1 amide bonds. The summed E-state index contributed by atoms with van der Waals surface area (Å²) in [6.45, 7) is 9.03. The van der Waals surface area contributed by atoms with Crippen LogP contribution >= 0.6 is 0 Å². The van der Waals surface area contributed by atoms with E-state index < -0.39 is 10.0 Å². The summed E-state index contributed by atoms with van der Waals surface area (Å²) in [5.41, 5.74) is 2.73. The number of sulfonamides is 1. The molecule has 1 aliphatic rings. The molecule has 7 heteroatoms. The fraction of sp³-hybridized carbons (Fsp3) is 0.360. The maximum Gasteiger partial charge on any atom is 0.246 e. The molecule has 1 heterocycles. The third kappa shape index (κ3) is 5.53. The molecule has 1 fully saturated rings. The van der Waals surface area contributed by atoms with Crippen LogP contribution in [0.3, 0.4) is 0 Å². The van der Waals surface area contributed by atoms with Crippen molar-refractivity contribution < 1.29 is 18.0 Å². The quantitative estimate of drug-likeness (QED) is 0.510. The Morgan fingerprint density at radius 3 is 1.94 bits per heavy atom. The lowest BCUT2D eigenvalue weighted by Gasteiger charge is -2.33. The smallest absolute Gasteiger partial charge is 0.246 e. The lowest BCUT2D eigenvalue weighted by Crippen LogP contribution is -2.50. The van der Waals surface area contributed by atoms with E-state index in [1.165, 1.54) is 47.1 Å². The SMILES string of the molecule is CC(=O)c1ccc(S(=O)(=O)N2CCN(C(=O)/C=C/c3ccc(C(C)(C)C)cc3)CC2)cc1. The maximum atomic E-state index is 12.9. The highest BCUT2D eigenvalue weighted by molar-refractivity contribution is 7.89. The minimum absolute atomic E-state index is 0.0769. The number of benzene rings is 2. The van der Waals surface area contributed by atoms with Gasteiger partial charge in [0.25, 0.3) is 0 Å². The highest BCUT2D eigenvalue weighted by Crippen LogP contribution is 2.23. The molecule has 0 unspecified atom stereocenters. The number of Topliss-reactive ketones (excluding diaryl/α,β-unsaturated/α-hetero) is 1. The van der Waals surface area contributed by atoms with Crippen LogP contribution in [0.1, 0.15) is 49.2 Å². The van der Waals surface area contributed by atoms with Crippen molar-refractivity contribution in [2.45, 2.75) is 38.0 Å². The van der Waals surface area contributed by atoms with Crippen LogP contribution in [0.4, 0.5) is 0 Å². The Labute approximate surface area is 190 Å². The van der Waals surface area contributed by atoms with Crippen molar-refractivity contribution in [3.63, 3.8) is 0 Å². The number of nitrogens with zero attached hydrogens (tertiary/aromatic N) is 2. The molecule has 2 aromatic rings. The average molecular weight is 455 g/mol. The van der Waals surface area contributed by atoms with E-state index in [4.69, 9.17) is 0 Å². The van der Waals surface area contributed by atoms with Crippen LogP contribution in [-0.2, 0) is 20.2 Å². The summed E-state index contributed by atoms with van der Waals surface area (Å²) in [6.07, 6.45) is 3.32. The van der Waals surface area contributed by atoms with E-state index in [9.17, 15) is 18.0 Å². The van der Waals surface area contributed by atoms with Gasteiger partial charge in [-0.2, -0.15) is 4.31 Å². The second-order valence-electron chi connectivity index (χ2n) is 9.02. The molecule has 0 spiro atoms. The van der Waals surface area contributed by atoms with E-state index in [0.717, 1.165) is 5.56 Å². The van der Waals surface area contributed by atoms with Gasteiger partial charge in [-0.25, -0.2) is 8.42 Å². The zero-order valence-corrected chi connectivity index (χ0v) is 19.9. The van der Waals surface area contributed by atoms with Gasteiger partial charge in [-0.15, -0.1) is 0 Å². The molecule has 0 aromatic heterocycles. The number of ketones is 1. The van der Waals surface area contributed by atoms with Gasteiger partial charge in [0, 0.05) is 37.8 Å². The van der Waals surface area contributed by atoms with Gasteiger partial charge < -0.3 is 4.90 Å². The van der Waals surface area contributed by atoms with Crippen molar-refractivity contribution in [2.75, 3.05) is 26.2 Å². The molecule has 170 valence electrons. The normalized spacial score (nSPS) is 15.8. The zero-order chi connectivity index (χ0) is 23.5. The molecule has 1 aliphatic heterocycles. The Balaban J connectivity index is 1.59. The summed E-state index contributed by atoms with van der Waals surface area (Å²) in [5.74, 6) is -0.243. The second-order valence-corrected chi connectivity index (χ2v) is 11.0. The number of hydrogen-bond acceptors (Lipinski definition) is 4. The zero-order valence-electron chi connectivity index (χ0n) is 19.0. The molecule has 0 bridgehead atoms. The molecular weight excluding hydrogens is 424 g/mol. The molecule has 2 aromatic carbocycles. The predicted molar refractivity (Wildman–Crippen MR) is 126 cm³/mol. The number of piperazine rings is 1. The van der Waals surface area contributed by atoms with Gasteiger partial charge in [0.15, 0.2) is 5.78 Å². The first-order valence-corrected chi connectivity index (χ1v) is 12.1. The first kappa shape index (κ1) is 23.9. The summed E-state index contributed by atoms with van der Waals surface area (Å²) in [5, 5.41) is 0. The van der Waals surface area contributed by atoms with Crippen molar-refractivity contribution in [1.29, 1.82) is 0 Å². The molecule has 0 saturated carbocycles. The number of amides is 1. The molecule has 6 nitrogen and oxygen atoms in total. The summed E-state index contributed by atoms with van der Waals surface area (Å²) in [4.78, 5) is 25.8. The number of rotatable bonds is 5. The predicted octanol–water partition coefficient (Wildman–Crippen LogP) is 3.73. The summed E-state index contributed by atoms with van der Waals surface area (Å²) < 4.78 is 27.1. The Morgan fingerprint density at radius 2 is 1.44 bits per heavy atom. The molecule has 0 aliphatic carbocycles. The van der Waals surface area contributed by atoms with Gasteiger partial charge >= 0.3 is 0 Å². The molecule has 0 N–H and O–H groups in total. The van der Waals surface area contributed by atoms with Gasteiger partial charge in [-0.05, 0) is 41.7 Å². The molecular formula is C25H30N2O4S. The molecule has 32 heavy (non-hydrogen) atoms. The van der Waals surface area contributed by atoms with Gasteiger partial charge in [0.2, 0.25) is 15.9 Å². The number of hydrogen-bond donors (Lipinski definition) is 0. The minimum atomic E-state index is -3.66. The van der Waals surface area contributed by atoms with Crippen LogP contribution in [0.5, 0.6) is 0 Å². The van der Waals surface area contributed by atoms with Crippen LogP contribution in [-0.4, -0.2) is 55.5 Å². The van der Waals surface area contributed by atoms with Gasteiger partial charge in [-0.1, -0.05) is 57.2 Å². The second kappa shape index (κ2) is 9.38. The molecule has 3 rings (SSSR count). The van der Waals surface area contributed by atoms with Crippen molar-refractivity contribution in [3.8, 4) is 0 Å². The largest absolute Gasteiger partial charge is 0.337 e. The maximum absolute atomic E-state index is 12.9. The third-order valence-electron chi connectivity index (χ3n) is 5.64. The van der Waals surface area contributed by atoms with Crippen molar-refractivity contribution in [2.24, 2.45) is 0 Å². The first-order chi connectivity index (χ1) is 15.0. The number of carbonyl (C=O) groups excluding carboxylic acids is 2. The molecule has 0 atom stereocenters. The van der Waals surface area contributed by atoms with Gasteiger partial charge in [0.1, 0.15) is 0 Å². The van der Waals surface area contributed by atoms with Crippen LogP contribution < -0.4 is 0 Å². The third-order valence-corrected chi connectivity index (χ3v) is 7.56. The van der Waals surface area contributed by atoms with E-state index in [0.29, 0.717) is 18.7 Å². The van der Waals surface area contributed by atoms with Crippen LogP contribution in [0, 0.1) is 0 Å². The minimum Gasteiger partial charge on any atom is -0.337 e. The first-order valence-electron chi connectivity index (χ1n) is 10.7. The van der Waals surface area contributed by atoms with Gasteiger partial charge in [-0.3, -0.25) is 9.59 Å². The van der Waals surface area contributed by atoms with E-state index in [1.54, 1.807) is 11.0 Å².